The fourth-order valence-electron chi connectivity index (χ4n) is 2.93. The third kappa shape index (κ3) is 1.47. The Bertz CT molecular complexity index is 312. The molecule has 1 aromatic carbocycles. The summed E-state index contributed by atoms with van der Waals surface area (Å²) in [6.07, 6.45) is 6.96. The lowest BCUT2D eigenvalue weighted by Gasteiger charge is -2.21. The summed E-state index contributed by atoms with van der Waals surface area (Å²) in [6, 6.07) is 6.89. The normalized spacial score (nSPS) is 22.3. The van der Waals surface area contributed by atoms with Gasteiger partial charge >= 0.3 is 0 Å². The summed E-state index contributed by atoms with van der Waals surface area (Å²) in [5.74, 6) is 0.935. The van der Waals surface area contributed by atoms with Crippen LogP contribution in [0.3, 0.4) is 0 Å². The van der Waals surface area contributed by atoms with Crippen molar-refractivity contribution in [2.24, 2.45) is 0 Å². The van der Waals surface area contributed by atoms with Crippen molar-refractivity contribution < 1.29 is 0 Å². The lowest BCUT2D eigenvalue weighted by Crippen LogP contribution is -2.05. The zero-order valence-corrected chi connectivity index (χ0v) is 9.34. The van der Waals surface area contributed by atoms with Crippen LogP contribution in [0.1, 0.15) is 55.7 Å². The number of aryl methyl sites for hydroxylation is 2. The zero-order chi connectivity index (χ0) is 9.97. The average molecular weight is 188 g/mol. The topological polar surface area (TPSA) is 0 Å². The quantitative estimate of drug-likeness (QED) is 0.575. The molecule has 76 valence electrons. The fraction of sp³-hybridized carbons (Fsp3) is 0.571. The lowest BCUT2D eigenvalue weighted by atomic mass is 9.84. The van der Waals surface area contributed by atoms with Crippen molar-refractivity contribution in [2.45, 2.75) is 51.9 Å². The van der Waals surface area contributed by atoms with E-state index in [0.717, 1.165) is 5.92 Å². The van der Waals surface area contributed by atoms with Gasteiger partial charge in [-0.3, -0.25) is 0 Å². The molecule has 0 aliphatic heterocycles. The Morgan fingerprint density at radius 2 is 1.71 bits per heavy atom. The van der Waals surface area contributed by atoms with Crippen LogP contribution in [0.25, 0.3) is 0 Å². The summed E-state index contributed by atoms with van der Waals surface area (Å²) >= 11 is 0. The molecule has 1 atom stereocenters. The summed E-state index contributed by atoms with van der Waals surface area (Å²) in [7, 11) is 0. The maximum Gasteiger partial charge on any atom is -0.0153 e. The van der Waals surface area contributed by atoms with Crippen molar-refractivity contribution in [3.8, 4) is 0 Å². The van der Waals surface area contributed by atoms with Gasteiger partial charge in [0.25, 0.3) is 0 Å². The average Bonchev–Trinajstić information content (AvgIpc) is 2.68. The molecule has 14 heavy (non-hydrogen) atoms. The highest BCUT2D eigenvalue weighted by atomic mass is 14.3. The summed E-state index contributed by atoms with van der Waals surface area (Å²) in [5.41, 5.74) is 5.04. The third-order valence-corrected chi connectivity index (χ3v) is 3.46. The number of hydrogen-bond donors (Lipinski definition) is 0. The first-order valence-electron chi connectivity index (χ1n) is 6.06. The van der Waals surface area contributed by atoms with Gasteiger partial charge in [0, 0.05) is 0 Å². The lowest BCUT2D eigenvalue weighted by molar-refractivity contribution is 0.555. The number of rotatable bonds is 0. The van der Waals surface area contributed by atoms with Crippen LogP contribution in [0.2, 0.25) is 0 Å². The first-order chi connectivity index (χ1) is 6.95. The largest absolute Gasteiger partial charge is 0.0683 e. The SMILES string of the molecule is CC.c1cc2c3c(c1)CCC3CCC2. The van der Waals surface area contributed by atoms with Gasteiger partial charge < -0.3 is 0 Å². The molecule has 0 amide bonds. The fourth-order valence-corrected chi connectivity index (χ4v) is 2.93. The van der Waals surface area contributed by atoms with E-state index >= 15 is 0 Å². The van der Waals surface area contributed by atoms with Gasteiger partial charge in [-0.2, -0.15) is 0 Å². The van der Waals surface area contributed by atoms with E-state index in [2.05, 4.69) is 18.2 Å². The van der Waals surface area contributed by atoms with Crippen molar-refractivity contribution in [1.82, 2.24) is 0 Å². The van der Waals surface area contributed by atoms with Crippen LogP contribution in [0, 0.1) is 0 Å². The smallest absolute Gasteiger partial charge is 0.0153 e. The van der Waals surface area contributed by atoms with Gasteiger partial charge in [-0.05, 0) is 54.7 Å². The van der Waals surface area contributed by atoms with Crippen molar-refractivity contribution in [3.63, 3.8) is 0 Å². The minimum atomic E-state index is 0.935. The van der Waals surface area contributed by atoms with E-state index in [1.54, 1.807) is 16.7 Å². The molecule has 0 N–H and O–H groups in total. The van der Waals surface area contributed by atoms with Crippen LogP contribution in [0.4, 0.5) is 0 Å². The van der Waals surface area contributed by atoms with E-state index in [4.69, 9.17) is 0 Å². The Morgan fingerprint density at radius 1 is 1.00 bits per heavy atom. The van der Waals surface area contributed by atoms with Crippen LogP contribution < -0.4 is 0 Å². The van der Waals surface area contributed by atoms with Gasteiger partial charge in [0.2, 0.25) is 0 Å². The van der Waals surface area contributed by atoms with Gasteiger partial charge in [0.1, 0.15) is 0 Å². The van der Waals surface area contributed by atoms with Crippen LogP contribution in [-0.4, -0.2) is 0 Å². The van der Waals surface area contributed by atoms with E-state index in [0.29, 0.717) is 0 Å². The second-order valence-corrected chi connectivity index (χ2v) is 4.12. The summed E-state index contributed by atoms with van der Waals surface area (Å²) in [6.45, 7) is 4.00. The zero-order valence-electron chi connectivity index (χ0n) is 9.34. The molecule has 0 saturated heterocycles. The molecule has 1 unspecified atom stereocenters. The molecule has 0 radical (unpaired) electrons. The van der Waals surface area contributed by atoms with Crippen LogP contribution in [0.5, 0.6) is 0 Å². The number of benzene rings is 1. The van der Waals surface area contributed by atoms with Crippen LogP contribution in [-0.2, 0) is 12.8 Å². The van der Waals surface area contributed by atoms with Crippen molar-refractivity contribution in [3.05, 3.63) is 34.9 Å². The predicted molar refractivity (Wildman–Crippen MR) is 61.8 cm³/mol. The second kappa shape index (κ2) is 4.16. The summed E-state index contributed by atoms with van der Waals surface area (Å²) in [4.78, 5) is 0. The molecule has 1 aromatic rings. The molecule has 3 rings (SSSR count). The molecule has 0 heterocycles. The molecule has 0 fully saturated rings. The second-order valence-electron chi connectivity index (χ2n) is 4.12. The molecule has 2 aliphatic carbocycles. The molecule has 0 aromatic heterocycles. The van der Waals surface area contributed by atoms with Crippen molar-refractivity contribution in [1.29, 1.82) is 0 Å². The van der Waals surface area contributed by atoms with Crippen LogP contribution >= 0.6 is 0 Å². The Morgan fingerprint density at radius 3 is 2.50 bits per heavy atom. The van der Waals surface area contributed by atoms with Gasteiger partial charge in [-0.1, -0.05) is 32.0 Å². The van der Waals surface area contributed by atoms with E-state index < -0.39 is 0 Å². The predicted octanol–water partition coefficient (Wildman–Crippen LogP) is 4.08. The van der Waals surface area contributed by atoms with Crippen molar-refractivity contribution >= 4 is 0 Å². The van der Waals surface area contributed by atoms with E-state index in [1.807, 2.05) is 13.8 Å². The highest BCUT2D eigenvalue weighted by molar-refractivity contribution is 5.43. The Balaban J connectivity index is 0.000000354. The maximum absolute atomic E-state index is 2.33. The van der Waals surface area contributed by atoms with E-state index in [1.165, 1.54) is 32.1 Å². The molecule has 0 heteroatoms. The Labute approximate surface area is 87.3 Å². The third-order valence-electron chi connectivity index (χ3n) is 3.46. The van der Waals surface area contributed by atoms with Gasteiger partial charge in [0.05, 0.1) is 0 Å². The Kier molecular flexibility index (Phi) is 2.90. The maximum atomic E-state index is 2.33. The van der Waals surface area contributed by atoms with Gasteiger partial charge in [-0.15, -0.1) is 0 Å². The van der Waals surface area contributed by atoms with E-state index in [-0.39, 0.29) is 0 Å². The molecule has 0 saturated carbocycles. The molecular weight excluding hydrogens is 168 g/mol. The standard InChI is InChI=1S/C12H14.C2H6/c1-3-9-4-2-6-11-8-7-10(5-1)12(9)11;1-2/h1,3,5,11H,2,4,6-8H2;1-2H3. The van der Waals surface area contributed by atoms with Gasteiger partial charge in [-0.25, -0.2) is 0 Å². The monoisotopic (exact) mass is 188 g/mol. The molecule has 0 nitrogen and oxygen atoms in total. The summed E-state index contributed by atoms with van der Waals surface area (Å²) < 4.78 is 0. The summed E-state index contributed by atoms with van der Waals surface area (Å²) in [5, 5.41) is 0. The van der Waals surface area contributed by atoms with Crippen molar-refractivity contribution in [2.75, 3.05) is 0 Å². The van der Waals surface area contributed by atoms with Crippen LogP contribution in [0.15, 0.2) is 18.2 Å². The van der Waals surface area contributed by atoms with E-state index in [9.17, 15) is 0 Å². The Hall–Kier alpha value is -0.780. The van der Waals surface area contributed by atoms with Gasteiger partial charge in [0.15, 0.2) is 0 Å². The minimum absolute atomic E-state index is 0.935. The number of hydrogen-bond acceptors (Lipinski definition) is 0. The highest BCUT2D eigenvalue weighted by Gasteiger charge is 2.27. The molecule has 0 spiro atoms. The minimum Gasteiger partial charge on any atom is -0.0683 e. The molecule has 2 aliphatic rings. The first kappa shape index (κ1) is 9.76. The molecular formula is C14H20. The molecule has 0 bridgehead atoms. The first-order valence-corrected chi connectivity index (χ1v) is 6.06. The highest BCUT2D eigenvalue weighted by Crippen LogP contribution is 2.42.